The zero-order valence-electron chi connectivity index (χ0n) is 10.3. The number of anilines is 1. The molecular weight excluding hydrogens is 260 g/mol. The molecule has 0 aliphatic heterocycles. The van der Waals surface area contributed by atoms with Gasteiger partial charge in [0.15, 0.2) is 0 Å². The summed E-state index contributed by atoms with van der Waals surface area (Å²) in [5.74, 6) is 5.15. The number of pyridine rings is 1. The second-order valence-electron chi connectivity index (χ2n) is 3.76. The Balaban J connectivity index is 2.10. The molecule has 0 radical (unpaired) electrons. The van der Waals surface area contributed by atoms with E-state index >= 15 is 0 Å². The third kappa shape index (κ3) is 3.65. The van der Waals surface area contributed by atoms with E-state index in [2.05, 4.69) is 22.1 Å². The van der Waals surface area contributed by atoms with Gasteiger partial charge in [-0.1, -0.05) is 11.8 Å². The molecule has 96 valence electrons. The number of rotatable bonds is 2. The number of hydrogen-bond acceptors (Lipinski definition) is 4. The van der Waals surface area contributed by atoms with Gasteiger partial charge in [-0.15, -0.1) is 11.3 Å². The van der Waals surface area contributed by atoms with Crippen molar-refractivity contribution in [1.82, 2.24) is 4.98 Å². The van der Waals surface area contributed by atoms with Crippen LogP contribution < -0.4 is 5.32 Å². The van der Waals surface area contributed by atoms with Crippen LogP contribution in [-0.2, 0) is 0 Å². The molecule has 19 heavy (non-hydrogen) atoms. The van der Waals surface area contributed by atoms with Gasteiger partial charge in [0.1, 0.15) is 6.61 Å². The largest absolute Gasteiger partial charge is 0.384 e. The van der Waals surface area contributed by atoms with Crippen LogP contribution in [0.4, 0.5) is 5.69 Å². The molecule has 0 saturated carbocycles. The first-order chi connectivity index (χ1) is 9.19. The van der Waals surface area contributed by atoms with Gasteiger partial charge in [0.2, 0.25) is 0 Å². The van der Waals surface area contributed by atoms with E-state index in [0.717, 1.165) is 10.6 Å². The zero-order chi connectivity index (χ0) is 13.7. The Morgan fingerprint density at radius 2 is 2.32 bits per heavy atom. The monoisotopic (exact) mass is 272 g/mol. The molecule has 0 atom stereocenters. The molecule has 1 amide bonds. The summed E-state index contributed by atoms with van der Waals surface area (Å²) in [7, 11) is 0. The first-order valence-electron chi connectivity index (χ1n) is 5.62. The summed E-state index contributed by atoms with van der Waals surface area (Å²) in [5.41, 5.74) is 1.56. The maximum Gasteiger partial charge on any atom is 0.265 e. The summed E-state index contributed by atoms with van der Waals surface area (Å²) in [4.78, 5) is 17.4. The second-order valence-corrected chi connectivity index (χ2v) is 4.85. The molecule has 2 rings (SSSR count). The Labute approximate surface area is 115 Å². The first-order valence-corrected chi connectivity index (χ1v) is 6.44. The number of hydrogen-bond donors (Lipinski definition) is 2. The van der Waals surface area contributed by atoms with Crippen LogP contribution in [0.2, 0.25) is 0 Å². The maximum atomic E-state index is 12.0. The van der Waals surface area contributed by atoms with E-state index in [4.69, 9.17) is 5.11 Å². The Hall–Kier alpha value is -2.16. The van der Waals surface area contributed by atoms with Crippen LogP contribution in [0.15, 0.2) is 30.5 Å². The van der Waals surface area contributed by atoms with Crippen LogP contribution in [0.1, 0.15) is 20.2 Å². The molecule has 0 spiro atoms. The van der Waals surface area contributed by atoms with Crippen LogP contribution >= 0.6 is 11.3 Å². The SMILES string of the molecule is Cc1cc(NC(=O)c2ccc(C#CCO)s2)ccn1. The molecule has 2 aromatic rings. The van der Waals surface area contributed by atoms with Crippen molar-refractivity contribution in [3.05, 3.63) is 45.9 Å². The van der Waals surface area contributed by atoms with Crippen molar-refractivity contribution < 1.29 is 9.90 Å². The molecule has 0 bridgehead atoms. The number of aliphatic hydroxyl groups is 1. The average molecular weight is 272 g/mol. The molecule has 2 N–H and O–H groups in total. The fourth-order valence-corrected chi connectivity index (χ4v) is 2.25. The predicted octanol–water partition coefficient (Wildman–Crippen LogP) is 2.05. The average Bonchev–Trinajstić information content (AvgIpc) is 2.85. The Kier molecular flexibility index (Phi) is 4.29. The van der Waals surface area contributed by atoms with Gasteiger partial charge in [0.05, 0.1) is 9.75 Å². The van der Waals surface area contributed by atoms with E-state index in [1.165, 1.54) is 11.3 Å². The standard InChI is InChI=1S/C14H12N2O2S/c1-10-9-11(6-7-15-10)16-14(18)13-5-4-12(19-13)3-2-8-17/h4-7,9,17H,8H2,1H3,(H,15,16,18). The molecule has 0 unspecified atom stereocenters. The highest BCUT2D eigenvalue weighted by molar-refractivity contribution is 7.14. The number of nitrogens with zero attached hydrogens (tertiary/aromatic N) is 1. The molecule has 4 nitrogen and oxygen atoms in total. The van der Waals surface area contributed by atoms with Crippen LogP contribution in [0.5, 0.6) is 0 Å². The van der Waals surface area contributed by atoms with E-state index in [1.54, 1.807) is 30.5 Å². The molecule has 0 aliphatic carbocycles. The highest BCUT2D eigenvalue weighted by Gasteiger charge is 2.08. The zero-order valence-corrected chi connectivity index (χ0v) is 11.1. The summed E-state index contributed by atoms with van der Waals surface area (Å²) in [5, 5.41) is 11.4. The Morgan fingerprint density at radius 3 is 3.05 bits per heavy atom. The minimum atomic E-state index is -0.185. The lowest BCUT2D eigenvalue weighted by Crippen LogP contribution is -2.10. The third-order valence-electron chi connectivity index (χ3n) is 2.27. The summed E-state index contributed by atoms with van der Waals surface area (Å²) in [6.07, 6.45) is 1.65. The smallest absolute Gasteiger partial charge is 0.265 e. The quantitative estimate of drug-likeness (QED) is 0.822. The molecule has 2 heterocycles. The second kappa shape index (κ2) is 6.14. The van der Waals surface area contributed by atoms with Crippen molar-refractivity contribution in [3.63, 3.8) is 0 Å². The number of aliphatic hydroxyl groups excluding tert-OH is 1. The van der Waals surface area contributed by atoms with E-state index < -0.39 is 0 Å². The highest BCUT2D eigenvalue weighted by atomic mass is 32.1. The van der Waals surface area contributed by atoms with Gasteiger partial charge in [-0.25, -0.2) is 0 Å². The molecule has 0 saturated heterocycles. The minimum Gasteiger partial charge on any atom is -0.384 e. The summed E-state index contributed by atoms with van der Waals surface area (Å²) in [6.45, 7) is 1.68. The van der Waals surface area contributed by atoms with Crippen LogP contribution in [0.3, 0.4) is 0 Å². The van der Waals surface area contributed by atoms with Crippen LogP contribution in [-0.4, -0.2) is 22.6 Å². The number of carbonyl (C=O) groups is 1. The number of amides is 1. The maximum absolute atomic E-state index is 12.0. The van der Waals surface area contributed by atoms with E-state index in [9.17, 15) is 4.79 Å². The van der Waals surface area contributed by atoms with Crippen molar-refractivity contribution >= 4 is 22.9 Å². The van der Waals surface area contributed by atoms with Crippen LogP contribution in [0, 0.1) is 18.8 Å². The molecule has 0 aliphatic rings. The molecule has 0 aromatic carbocycles. The number of thiophene rings is 1. The predicted molar refractivity (Wildman–Crippen MR) is 75.2 cm³/mol. The van der Waals surface area contributed by atoms with Gasteiger partial charge >= 0.3 is 0 Å². The van der Waals surface area contributed by atoms with Crippen molar-refractivity contribution in [2.24, 2.45) is 0 Å². The van der Waals surface area contributed by atoms with E-state index in [1.807, 2.05) is 6.92 Å². The lowest BCUT2D eigenvalue weighted by molar-refractivity contribution is 0.103. The summed E-state index contributed by atoms with van der Waals surface area (Å²) < 4.78 is 0. The molecule has 0 fully saturated rings. The van der Waals surface area contributed by atoms with Gasteiger partial charge in [0, 0.05) is 17.6 Å². The molecule has 2 aromatic heterocycles. The van der Waals surface area contributed by atoms with Gasteiger partial charge < -0.3 is 10.4 Å². The van der Waals surface area contributed by atoms with E-state index in [-0.39, 0.29) is 12.5 Å². The number of nitrogens with one attached hydrogen (secondary N) is 1. The molecular formula is C14H12N2O2S. The fourth-order valence-electron chi connectivity index (χ4n) is 1.47. The van der Waals surface area contributed by atoms with Crippen molar-refractivity contribution in [2.75, 3.05) is 11.9 Å². The Bertz CT molecular complexity index is 653. The third-order valence-corrected chi connectivity index (χ3v) is 3.27. The van der Waals surface area contributed by atoms with Crippen molar-refractivity contribution in [3.8, 4) is 11.8 Å². The normalized spacial score (nSPS) is 9.58. The van der Waals surface area contributed by atoms with Crippen molar-refractivity contribution in [1.29, 1.82) is 0 Å². The van der Waals surface area contributed by atoms with Crippen LogP contribution in [0.25, 0.3) is 0 Å². The topological polar surface area (TPSA) is 62.2 Å². The van der Waals surface area contributed by atoms with Gasteiger partial charge in [0.25, 0.3) is 5.91 Å². The fraction of sp³-hybridized carbons (Fsp3) is 0.143. The minimum absolute atomic E-state index is 0.173. The summed E-state index contributed by atoms with van der Waals surface area (Å²) in [6, 6.07) is 7.03. The van der Waals surface area contributed by atoms with Crippen molar-refractivity contribution in [2.45, 2.75) is 6.92 Å². The molecule has 5 heteroatoms. The van der Waals surface area contributed by atoms with Gasteiger partial charge in [-0.05, 0) is 31.2 Å². The summed E-state index contributed by atoms with van der Waals surface area (Å²) >= 11 is 1.29. The van der Waals surface area contributed by atoms with Gasteiger partial charge in [-0.2, -0.15) is 0 Å². The number of aromatic nitrogens is 1. The Morgan fingerprint density at radius 1 is 1.47 bits per heavy atom. The highest BCUT2D eigenvalue weighted by Crippen LogP contribution is 2.17. The lowest BCUT2D eigenvalue weighted by Gasteiger charge is -2.03. The van der Waals surface area contributed by atoms with Gasteiger partial charge in [-0.3, -0.25) is 9.78 Å². The van der Waals surface area contributed by atoms with E-state index in [0.29, 0.717) is 10.6 Å². The number of aryl methyl sites for hydroxylation is 1. The first kappa shape index (κ1) is 13.3. The number of carbonyl (C=O) groups excluding carboxylic acids is 1. The lowest BCUT2D eigenvalue weighted by atomic mass is 10.3.